The third-order valence-electron chi connectivity index (χ3n) is 3.85. The molecule has 0 N–H and O–H groups in total. The smallest absolute Gasteiger partial charge is 0.336 e. The number of fused-ring (bicyclic) bond motifs is 1. The fourth-order valence-corrected chi connectivity index (χ4v) is 3.50. The standard InChI is InChI=1S/C20H14ClNO3S/c21-15-5-1-13(2-6-15)9-19-22-16(12-26-19)11-24-17-7-3-14-4-8-20(23)25-18(14)10-17/h1-8,10,12H,9,11H2. The Kier molecular flexibility index (Phi) is 4.73. The van der Waals surface area contributed by atoms with Gasteiger partial charge >= 0.3 is 5.63 Å². The summed E-state index contributed by atoms with van der Waals surface area (Å²) in [6.45, 7) is 0.361. The first-order valence-corrected chi connectivity index (χ1v) is 9.26. The fourth-order valence-electron chi connectivity index (χ4n) is 2.56. The zero-order chi connectivity index (χ0) is 17.9. The normalized spacial score (nSPS) is 11.0. The van der Waals surface area contributed by atoms with E-state index in [4.69, 9.17) is 20.8 Å². The third kappa shape index (κ3) is 3.95. The number of aromatic nitrogens is 1. The van der Waals surface area contributed by atoms with Gasteiger partial charge in [0.15, 0.2) is 0 Å². The lowest BCUT2D eigenvalue weighted by molar-refractivity contribution is 0.302. The Morgan fingerprint density at radius 2 is 1.88 bits per heavy atom. The Bertz CT molecular complexity index is 1100. The summed E-state index contributed by atoms with van der Waals surface area (Å²) in [6.07, 6.45) is 0.767. The van der Waals surface area contributed by atoms with Crippen LogP contribution in [0.5, 0.6) is 5.75 Å². The summed E-state index contributed by atoms with van der Waals surface area (Å²) in [5, 5.41) is 4.60. The summed E-state index contributed by atoms with van der Waals surface area (Å²) in [4.78, 5) is 15.9. The molecule has 2 heterocycles. The highest BCUT2D eigenvalue weighted by Crippen LogP contribution is 2.21. The van der Waals surface area contributed by atoms with E-state index in [0.29, 0.717) is 17.9 Å². The molecule has 0 unspecified atom stereocenters. The van der Waals surface area contributed by atoms with Crippen LogP contribution in [0.15, 0.2) is 69.2 Å². The lowest BCUT2D eigenvalue weighted by Gasteiger charge is -2.05. The Labute approximate surface area is 158 Å². The minimum absolute atomic E-state index is 0.361. The Hall–Kier alpha value is -2.63. The van der Waals surface area contributed by atoms with Crippen LogP contribution in [0.25, 0.3) is 11.0 Å². The quantitative estimate of drug-likeness (QED) is 0.451. The van der Waals surface area contributed by atoms with Gasteiger partial charge in [0.1, 0.15) is 17.9 Å². The predicted octanol–water partition coefficient (Wildman–Crippen LogP) is 5.07. The van der Waals surface area contributed by atoms with E-state index in [2.05, 4.69) is 4.98 Å². The van der Waals surface area contributed by atoms with Gasteiger partial charge < -0.3 is 9.15 Å². The molecular formula is C20H14ClNO3S. The van der Waals surface area contributed by atoms with Gasteiger partial charge in [0, 0.05) is 34.3 Å². The molecule has 4 nitrogen and oxygen atoms in total. The molecule has 4 rings (SSSR count). The lowest BCUT2D eigenvalue weighted by Crippen LogP contribution is -1.98. The predicted molar refractivity (Wildman–Crippen MR) is 103 cm³/mol. The average molecular weight is 384 g/mol. The van der Waals surface area contributed by atoms with E-state index in [9.17, 15) is 4.79 Å². The summed E-state index contributed by atoms with van der Waals surface area (Å²) in [6, 6.07) is 16.3. The van der Waals surface area contributed by atoms with Crippen LogP contribution in [-0.2, 0) is 13.0 Å². The zero-order valence-corrected chi connectivity index (χ0v) is 15.2. The molecular weight excluding hydrogens is 370 g/mol. The third-order valence-corrected chi connectivity index (χ3v) is 5.00. The molecule has 2 aromatic carbocycles. The van der Waals surface area contributed by atoms with Gasteiger partial charge in [-0.3, -0.25) is 0 Å². The first kappa shape index (κ1) is 16.8. The number of benzene rings is 2. The highest BCUT2D eigenvalue weighted by Gasteiger charge is 2.06. The monoisotopic (exact) mass is 383 g/mol. The van der Waals surface area contributed by atoms with Gasteiger partial charge in [0.25, 0.3) is 0 Å². The van der Waals surface area contributed by atoms with Crippen molar-refractivity contribution in [3.05, 3.63) is 91.7 Å². The molecule has 2 aromatic heterocycles. The van der Waals surface area contributed by atoms with E-state index >= 15 is 0 Å². The number of hydrogen-bond acceptors (Lipinski definition) is 5. The van der Waals surface area contributed by atoms with Crippen molar-refractivity contribution in [1.29, 1.82) is 0 Å². The van der Waals surface area contributed by atoms with Crippen molar-refractivity contribution in [1.82, 2.24) is 4.98 Å². The van der Waals surface area contributed by atoms with Gasteiger partial charge in [-0.1, -0.05) is 23.7 Å². The molecule has 0 bridgehead atoms. The number of hydrogen-bond donors (Lipinski definition) is 0. The molecule has 0 aliphatic rings. The van der Waals surface area contributed by atoms with Crippen LogP contribution in [0.3, 0.4) is 0 Å². The Balaban J connectivity index is 1.42. The number of nitrogens with zero attached hydrogens (tertiary/aromatic N) is 1. The maximum absolute atomic E-state index is 11.3. The topological polar surface area (TPSA) is 52.3 Å². The molecule has 26 heavy (non-hydrogen) atoms. The molecule has 0 saturated carbocycles. The molecule has 0 atom stereocenters. The van der Waals surface area contributed by atoms with Crippen molar-refractivity contribution in [2.24, 2.45) is 0 Å². The van der Waals surface area contributed by atoms with Gasteiger partial charge in [-0.25, -0.2) is 9.78 Å². The van der Waals surface area contributed by atoms with Crippen LogP contribution in [0.4, 0.5) is 0 Å². The number of halogens is 1. The van der Waals surface area contributed by atoms with Gasteiger partial charge in [0.2, 0.25) is 0 Å². The van der Waals surface area contributed by atoms with E-state index in [1.54, 1.807) is 23.5 Å². The van der Waals surface area contributed by atoms with Crippen molar-refractivity contribution in [2.75, 3.05) is 0 Å². The number of rotatable bonds is 5. The first-order chi connectivity index (χ1) is 12.7. The molecule has 0 aliphatic carbocycles. The van der Waals surface area contributed by atoms with Crippen molar-refractivity contribution in [2.45, 2.75) is 13.0 Å². The van der Waals surface area contributed by atoms with Crippen LogP contribution in [0, 0.1) is 0 Å². The summed E-state index contributed by atoms with van der Waals surface area (Å²) >= 11 is 7.51. The Morgan fingerprint density at radius 1 is 1.08 bits per heavy atom. The van der Waals surface area contributed by atoms with Crippen molar-refractivity contribution >= 4 is 33.9 Å². The second-order valence-electron chi connectivity index (χ2n) is 5.78. The molecule has 0 aliphatic heterocycles. The second kappa shape index (κ2) is 7.32. The molecule has 0 spiro atoms. The number of ether oxygens (including phenoxy) is 1. The van der Waals surface area contributed by atoms with Crippen molar-refractivity contribution in [3.63, 3.8) is 0 Å². The molecule has 0 fully saturated rings. The first-order valence-electron chi connectivity index (χ1n) is 8.00. The molecule has 130 valence electrons. The van der Waals surface area contributed by atoms with Crippen LogP contribution in [0.1, 0.15) is 16.3 Å². The highest BCUT2D eigenvalue weighted by atomic mass is 35.5. The molecule has 6 heteroatoms. The summed E-state index contributed by atoms with van der Waals surface area (Å²) in [5.74, 6) is 0.638. The van der Waals surface area contributed by atoms with E-state index < -0.39 is 0 Å². The van der Waals surface area contributed by atoms with Crippen molar-refractivity contribution < 1.29 is 9.15 Å². The SMILES string of the molecule is O=c1ccc2ccc(OCc3csc(Cc4ccc(Cl)cc4)n3)cc2o1. The Morgan fingerprint density at radius 3 is 2.73 bits per heavy atom. The van der Waals surface area contributed by atoms with Crippen LogP contribution < -0.4 is 10.4 Å². The van der Waals surface area contributed by atoms with Crippen LogP contribution in [-0.4, -0.2) is 4.98 Å². The molecule has 4 aromatic rings. The second-order valence-corrected chi connectivity index (χ2v) is 7.16. The van der Waals surface area contributed by atoms with E-state index in [0.717, 1.165) is 27.5 Å². The molecule has 0 amide bonds. The molecule has 0 radical (unpaired) electrons. The van der Waals surface area contributed by atoms with Gasteiger partial charge in [-0.15, -0.1) is 11.3 Å². The van der Waals surface area contributed by atoms with E-state index in [1.165, 1.54) is 11.6 Å². The van der Waals surface area contributed by atoms with Gasteiger partial charge in [-0.2, -0.15) is 0 Å². The zero-order valence-electron chi connectivity index (χ0n) is 13.6. The van der Waals surface area contributed by atoms with E-state index in [1.807, 2.05) is 41.8 Å². The number of thiazole rings is 1. The maximum atomic E-state index is 11.3. The van der Waals surface area contributed by atoms with Crippen molar-refractivity contribution in [3.8, 4) is 5.75 Å². The minimum Gasteiger partial charge on any atom is -0.487 e. The van der Waals surface area contributed by atoms with Gasteiger partial charge in [0.05, 0.1) is 10.7 Å². The summed E-state index contributed by atoms with van der Waals surface area (Å²) < 4.78 is 11.0. The van der Waals surface area contributed by atoms with Crippen LogP contribution in [0.2, 0.25) is 5.02 Å². The maximum Gasteiger partial charge on any atom is 0.336 e. The van der Waals surface area contributed by atoms with E-state index in [-0.39, 0.29) is 5.63 Å². The molecule has 0 saturated heterocycles. The van der Waals surface area contributed by atoms with Crippen LogP contribution >= 0.6 is 22.9 Å². The summed E-state index contributed by atoms with van der Waals surface area (Å²) in [7, 11) is 0. The lowest BCUT2D eigenvalue weighted by atomic mass is 10.2. The minimum atomic E-state index is -0.374. The fraction of sp³-hybridized carbons (Fsp3) is 0.100. The van der Waals surface area contributed by atoms with Gasteiger partial charge in [-0.05, 0) is 35.9 Å². The largest absolute Gasteiger partial charge is 0.487 e. The highest BCUT2D eigenvalue weighted by molar-refractivity contribution is 7.09. The summed E-state index contributed by atoms with van der Waals surface area (Å²) in [5.41, 5.74) is 2.17. The average Bonchev–Trinajstić information content (AvgIpc) is 3.09.